The highest BCUT2D eigenvalue weighted by atomic mass is 32.2. The number of benzene rings is 1. The Kier molecular flexibility index (Phi) is 5.93. The SMILES string of the molecule is CCNS(=O)(=O)c1ccc(C(=O)NCCN)c(OC)c1. The molecule has 7 nitrogen and oxygen atoms in total. The number of carbonyl (C=O) groups is 1. The minimum absolute atomic E-state index is 0.0478. The number of methoxy groups -OCH3 is 1. The molecule has 1 aromatic rings. The van der Waals surface area contributed by atoms with Crippen LogP contribution in [0.3, 0.4) is 0 Å². The van der Waals surface area contributed by atoms with Crippen LogP contribution in [0.15, 0.2) is 23.1 Å². The first-order chi connectivity index (χ1) is 9.46. The highest BCUT2D eigenvalue weighted by Crippen LogP contribution is 2.22. The molecular formula is C12H19N3O4S. The third-order valence-corrected chi connectivity index (χ3v) is 4.04. The summed E-state index contributed by atoms with van der Waals surface area (Å²) in [5.41, 5.74) is 5.57. The van der Waals surface area contributed by atoms with Gasteiger partial charge in [-0.1, -0.05) is 6.92 Å². The molecule has 4 N–H and O–H groups in total. The zero-order chi connectivity index (χ0) is 15.2. The van der Waals surface area contributed by atoms with Gasteiger partial charge in [0, 0.05) is 25.7 Å². The van der Waals surface area contributed by atoms with Gasteiger partial charge in [-0.25, -0.2) is 13.1 Å². The molecule has 8 heteroatoms. The molecule has 0 fully saturated rings. The summed E-state index contributed by atoms with van der Waals surface area (Å²) < 4.78 is 31.2. The van der Waals surface area contributed by atoms with Crippen molar-refractivity contribution in [3.8, 4) is 5.75 Å². The average Bonchev–Trinajstić information content (AvgIpc) is 2.43. The van der Waals surface area contributed by atoms with Crippen molar-refractivity contribution in [2.75, 3.05) is 26.7 Å². The monoisotopic (exact) mass is 301 g/mol. The van der Waals surface area contributed by atoms with Crippen LogP contribution in [-0.2, 0) is 10.0 Å². The van der Waals surface area contributed by atoms with E-state index in [0.717, 1.165) is 0 Å². The Hall–Kier alpha value is -1.64. The van der Waals surface area contributed by atoms with Gasteiger partial charge in [-0.3, -0.25) is 4.79 Å². The molecule has 0 unspecified atom stereocenters. The fraction of sp³-hybridized carbons (Fsp3) is 0.417. The summed E-state index contributed by atoms with van der Waals surface area (Å²) in [4.78, 5) is 11.9. The number of hydrogen-bond acceptors (Lipinski definition) is 5. The molecule has 0 radical (unpaired) electrons. The normalized spacial score (nSPS) is 11.2. The van der Waals surface area contributed by atoms with Gasteiger partial charge in [0.2, 0.25) is 10.0 Å². The number of nitrogens with two attached hydrogens (primary N) is 1. The first-order valence-electron chi connectivity index (χ1n) is 6.12. The van der Waals surface area contributed by atoms with Crippen LogP contribution in [0.5, 0.6) is 5.75 Å². The molecular weight excluding hydrogens is 282 g/mol. The van der Waals surface area contributed by atoms with Gasteiger partial charge >= 0.3 is 0 Å². The molecule has 20 heavy (non-hydrogen) atoms. The molecule has 0 aliphatic heterocycles. The van der Waals surface area contributed by atoms with E-state index in [0.29, 0.717) is 13.1 Å². The Morgan fingerprint density at radius 3 is 2.65 bits per heavy atom. The van der Waals surface area contributed by atoms with Crippen molar-refractivity contribution >= 4 is 15.9 Å². The van der Waals surface area contributed by atoms with E-state index in [1.807, 2.05) is 0 Å². The quantitative estimate of drug-likeness (QED) is 0.639. The lowest BCUT2D eigenvalue weighted by molar-refractivity contribution is 0.0951. The predicted octanol–water partition coefficient (Wildman–Crippen LogP) is -0.318. The molecule has 0 heterocycles. The molecule has 0 bridgehead atoms. The van der Waals surface area contributed by atoms with Crippen LogP contribution in [0.25, 0.3) is 0 Å². The van der Waals surface area contributed by atoms with Crippen molar-refractivity contribution in [1.82, 2.24) is 10.0 Å². The summed E-state index contributed by atoms with van der Waals surface area (Å²) in [6, 6.07) is 4.09. The van der Waals surface area contributed by atoms with Gasteiger partial charge < -0.3 is 15.8 Å². The Morgan fingerprint density at radius 2 is 2.10 bits per heavy atom. The van der Waals surface area contributed by atoms with Gasteiger partial charge in [-0.2, -0.15) is 0 Å². The summed E-state index contributed by atoms with van der Waals surface area (Å²) in [6.45, 7) is 2.62. The standard InChI is InChI=1S/C12H19N3O4S/c1-3-15-20(17,18)9-4-5-10(11(8-9)19-2)12(16)14-7-6-13/h4-5,8,15H,3,6-7,13H2,1-2H3,(H,14,16). The number of carbonyl (C=O) groups excluding carboxylic acids is 1. The summed E-state index contributed by atoms with van der Waals surface area (Å²) in [5, 5.41) is 2.60. The molecule has 1 rings (SSSR count). The Bertz CT molecular complexity index is 572. The van der Waals surface area contributed by atoms with E-state index < -0.39 is 10.0 Å². The number of hydrogen-bond donors (Lipinski definition) is 3. The molecule has 0 atom stereocenters. The molecule has 1 amide bonds. The second-order valence-corrected chi connectivity index (χ2v) is 5.67. The van der Waals surface area contributed by atoms with Gasteiger partial charge in [-0.05, 0) is 12.1 Å². The molecule has 0 spiro atoms. The van der Waals surface area contributed by atoms with Crippen LogP contribution < -0.4 is 20.5 Å². The van der Waals surface area contributed by atoms with Crippen LogP contribution in [0.1, 0.15) is 17.3 Å². The lowest BCUT2D eigenvalue weighted by Crippen LogP contribution is -2.29. The second-order valence-electron chi connectivity index (χ2n) is 3.91. The first kappa shape index (κ1) is 16.4. The van der Waals surface area contributed by atoms with Crippen molar-refractivity contribution in [3.63, 3.8) is 0 Å². The summed E-state index contributed by atoms with van der Waals surface area (Å²) in [7, 11) is -2.21. The van der Waals surface area contributed by atoms with E-state index in [9.17, 15) is 13.2 Å². The number of amides is 1. The molecule has 0 saturated heterocycles. The van der Waals surface area contributed by atoms with E-state index in [-0.39, 0.29) is 28.7 Å². The topological polar surface area (TPSA) is 111 Å². The van der Waals surface area contributed by atoms with Crippen molar-refractivity contribution in [2.24, 2.45) is 5.73 Å². The van der Waals surface area contributed by atoms with E-state index in [4.69, 9.17) is 10.5 Å². The van der Waals surface area contributed by atoms with Crippen LogP contribution >= 0.6 is 0 Å². The van der Waals surface area contributed by atoms with Gasteiger partial charge in [0.05, 0.1) is 17.6 Å². The van der Waals surface area contributed by atoms with Gasteiger partial charge in [-0.15, -0.1) is 0 Å². The van der Waals surface area contributed by atoms with Gasteiger partial charge in [0.25, 0.3) is 5.91 Å². The van der Waals surface area contributed by atoms with E-state index >= 15 is 0 Å². The zero-order valence-corrected chi connectivity index (χ0v) is 12.3. The van der Waals surface area contributed by atoms with Crippen LogP contribution in [-0.4, -0.2) is 41.1 Å². The maximum Gasteiger partial charge on any atom is 0.255 e. The first-order valence-corrected chi connectivity index (χ1v) is 7.60. The van der Waals surface area contributed by atoms with Crippen molar-refractivity contribution in [2.45, 2.75) is 11.8 Å². The van der Waals surface area contributed by atoms with Crippen molar-refractivity contribution in [3.05, 3.63) is 23.8 Å². The number of nitrogens with one attached hydrogen (secondary N) is 2. The van der Waals surface area contributed by atoms with E-state index in [2.05, 4.69) is 10.0 Å². The molecule has 0 saturated carbocycles. The maximum absolute atomic E-state index is 11.9. The highest BCUT2D eigenvalue weighted by Gasteiger charge is 2.18. The molecule has 0 aliphatic rings. The second kappa shape index (κ2) is 7.22. The molecule has 112 valence electrons. The molecule has 1 aromatic carbocycles. The molecule has 0 aromatic heterocycles. The predicted molar refractivity (Wildman–Crippen MR) is 75.2 cm³/mol. The third-order valence-electron chi connectivity index (χ3n) is 2.49. The lowest BCUT2D eigenvalue weighted by Gasteiger charge is -2.11. The van der Waals surface area contributed by atoms with Crippen molar-refractivity contribution in [1.29, 1.82) is 0 Å². The number of ether oxygens (including phenoxy) is 1. The van der Waals surface area contributed by atoms with Crippen LogP contribution in [0, 0.1) is 0 Å². The summed E-state index contributed by atoms with van der Waals surface area (Å²) >= 11 is 0. The molecule has 0 aliphatic carbocycles. The summed E-state index contributed by atoms with van der Waals surface area (Å²) in [6.07, 6.45) is 0. The Labute approximate surface area is 118 Å². The maximum atomic E-state index is 11.9. The smallest absolute Gasteiger partial charge is 0.255 e. The average molecular weight is 301 g/mol. The zero-order valence-electron chi connectivity index (χ0n) is 11.5. The van der Waals surface area contributed by atoms with E-state index in [1.165, 1.54) is 25.3 Å². The van der Waals surface area contributed by atoms with Crippen LogP contribution in [0.2, 0.25) is 0 Å². The number of rotatable bonds is 7. The lowest BCUT2D eigenvalue weighted by atomic mass is 10.2. The van der Waals surface area contributed by atoms with Crippen molar-refractivity contribution < 1.29 is 17.9 Å². The minimum Gasteiger partial charge on any atom is -0.496 e. The third kappa shape index (κ3) is 3.92. The van der Waals surface area contributed by atoms with Crippen LogP contribution in [0.4, 0.5) is 0 Å². The Morgan fingerprint density at radius 1 is 1.40 bits per heavy atom. The highest BCUT2D eigenvalue weighted by molar-refractivity contribution is 7.89. The minimum atomic E-state index is -3.58. The fourth-order valence-corrected chi connectivity index (χ4v) is 2.64. The van der Waals surface area contributed by atoms with Gasteiger partial charge in [0.1, 0.15) is 5.75 Å². The Balaban J connectivity index is 3.11. The number of sulfonamides is 1. The summed E-state index contributed by atoms with van der Waals surface area (Å²) in [5.74, 6) is -0.168. The largest absolute Gasteiger partial charge is 0.496 e. The fourth-order valence-electron chi connectivity index (χ4n) is 1.58. The van der Waals surface area contributed by atoms with Gasteiger partial charge in [0.15, 0.2) is 0 Å². The van der Waals surface area contributed by atoms with E-state index in [1.54, 1.807) is 6.92 Å².